The van der Waals surface area contributed by atoms with Crippen LogP contribution in [0.5, 0.6) is 0 Å². The lowest BCUT2D eigenvalue weighted by atomic mass is 10.2. The molecule has 0 aliphatic rings. The van der Waals surface area contributed by atoms with Gasteiger partial charge in [0, 0.05) is 15.7 Å². The molecule has 1 unspecified atom stereocenters. The van der Waals surface area contributed by atoms with Crippen molar-refractivity contribution in [2.75, 3.05) is 5.75 Å². The molecule has 0 aromatic heterocycles. The largest absolute Gasteiger partial charge is 0.392 e. The number of hydrogen-bond donors (Lipinski definition) is 1. The third-order valence-corrected chi connectivity index (χ3v) is 3.25. The van der Waals surface area contributed by atoms with Gasteiger partial charge in [-0.05, 0) is 37.6 Å². The highest BCUT2D eigenvalue weighted by Gasteiger charge is 2.04. The molecular formula is C12H15ClOS. The molecule has 1 nitrogen and oxygen atoms in total. The standard InChI is InChI=1S/C12H15ClOS/c1-9(2)7-11(14)8-15-12-5-3-10(13)4-6-12/h3-6,11,14H,1,7-8H2,2H3. The fourth-order valence-corrected chi connectivity index (χ4v) is 2.14. The van der Waals surface area contributed by atoms with Crippen LogP contribution in [0.15, 0.2) is 41.3 Å². The Bertz CT molecular complexity index is 321. The van der Waals surface area contributed by atoms with E-state index in [1.54, 1.807) is 11.8 Å². The van der Waals surface area contributed by atoms with Gasteiger partial charge in [-0.15, -0.1) is 18.3 Å². The minimum atomic E-state index is -0.317. The van der Waals surface area contributed by atoms with E-state index in [9.17, 15) is 5.11 Å². The number of thioether (sulfide) groups is 1. The van der Waals surface area contributed by atoms with Crippen molar-refractivity contribution in [1.82, 2.24) is 0 Å². The maximum absolute atomic E-state index is 9.63. The Kier molecular flexibility index (Phi) is 5.23. The van der Waals surface area contributed by atoms with Crippen molar-refractivity contribution < 1.29 is 5.11 Å². The van der Waals surface area contributed by atoms with Crippen LogP contribution < -0.4 is 0 Å². The fraction of sp³-hybridized carbons (Fsp3) is 0.333. The second-order valence-corrected chi connectivity index (χ2v) is 5.11. The Labute approximate surface area is 100 Å². The predicted octanol–water partition coefficient (Wildman–Crippen LogP) is 3.76. The summed E-state index contributed by atoms with van der Waals surface area (Å²) in [4.78, 5) is 1.13. The molecule has 0 heterocycles. The Morgan fingerprint density at radius 1 is 1.47 bits per heavy atom. The normalized spacial score (nSPS) is 12.5. The van der Waals surface area contributed by atoms with Crippen molar-refractivity contribution in [2.24, 2.45) is 0 Å². The maximum atomic E-state index is 9.63. The number of hydrogen-bond acceptors (Lipinski definition) is 2. The second kappa shape index (κ2) is 6.21. The van der Waals surface area contributed by atoms with Gasteiger partial charge in [0.15, 0.2) is 0 Å². The van der Waals surface area contributed by atoms with E-state index in [0.717, 1.165) is 15.5 Å². The third-order valence-electron chi connectivity index (χ3n) is 1.84. The molecule has 1 N–H and O–H groups in total. The second-order valence-electron chi connectivity index (χ2n) is 3.58. The average molecular weight is 243 g/mol. The van der Waals surface area contributed by atoms with Crippen LogP contribution in [-0.2, 0) is 0 Å². The topological polar surface area (TPSA) is 20.2 Å². The van der Waals surface area contributed by atoms with E-state index in [2.05, 4.69) is 6.58 Å². The quantitative estimate of drug-likeness (QED) is 0.627. The molecule has 0 saturated heterocycles. The van der Waals surface area contributed by atoms with Gasteiger partial charge in [0.1, 0.15) is 0 Å². The van der Waals surface area contributed by atoms with Crippen molar-refractivity contribution in [3.8, 4) is 0 Å². The van der Waals surface area contributed by atoms with E-state index in [-0.39, 0.29) is 6.10 Å². The summed E-state index contributed by atoms with van der Waals surface area (Å²) >= 11 is 7.40. The minimum Gasteiger partial charge on any atom is -0.392 e. The van der Waals surface area contributed by atoms with Crippen LogP contribution in [-0.4, -0.2) is 17.0 Å². The highest BCUT2D eigenvalue weighted by molar-refractivity contribution is 7.99. The fourth-order valence-electron chi connectivity index (χ4n) is 1.18. The van der Waals surface area contributed by atoms with Crippen molar-refractivity contribution in [3.63, 3.8) is 0 Å². The Morgan fingerprint density at radius 3 is 2.60 bits per heavy atom. The summed E-state index contributed by atoms with van der Waals surface area (Å²) in [5.74, 6) is 0.689. The Morgan fingerprint density at radius 2 is 2.07 bits per heavy atom. The number of aliphatic hydroxyl groups excluding tert-OH is 1. The van der Waals surface area contributed by atoms with E-state index < -0.39 is 0 Å². The molecule has 82 valence electrons. The first-order chi connectivity index (χ1) is 7.08. The first kappa shape index (κ1) is 12.6. The van der Waals surface area contributed by atoms with E-state index >= 15 is 0 Å². The molecule has 0 radical (unpaired) electrons. The number of halogens is 1. The molecule has 0 amide bonds. The molecule has 0 aliphatic heterocycles. The molecule has 15 heavy (non-hydrogen) atoms. The number of aliphatic hydroxyl groups is 1. The van der Waals surface area contributed by atoms with Gasteiger partial charge in [0.25, 0.3) is 0 Å². The van der Waals surface area contributed by atoms with Crippen molar-refractivity contribution in [1.29, 1.82) is 0 Å². The highest BCUT2D eigenvalue weighted by Crippen LogP contribution is 2.22. The van der Waals surface area contributed by atoms with Gasteiger partial charge in [-0.2, -0.15) is 0 Å². The summed E-state index contributed by atoms with van der Waals surface area (Å²) in [7, 11) is 0. The van der Waals surface area contributed by atoms with E-state index in [1.807, 2.05) is 31.2 Å². The summed E-state index contributed by atoms with van der Waals surface area (Å²) in [5.41, 5.74) is 1.01. The van der Waals surface area contributed by atoms with Crippen LogP contribution in [0.3, 0.4) is 0 Å². The van der Waals surface area contributed by atoms with Gasteiger partial charge >= 0.3 is 0 Å². The zero-order chi connectivity index (χ0) is 11.3. The summed E-state index contributed by atoms with van der Waals surface area (Å²) in [6, 6.07) is 7.63. The lowest BCUT2D eigenvalue weighted by Gasteiger charge is -2.09. The molecule has 0 saturated carbocycles. The molecule has 0 fully saturated rings. The van der Waals surface area contributed by atoms with Crippen molar-refractivity contribution in [3.05, 3.63) is 41.4 Å². The molecule has 0 aliphatic carbocycles. The summed E-state index contributed by atoms with van der Waals surface area (Å²) in [5, 5.41) is 10.4. The smallest absolute Gasteiger partial charge is 0.0670 e. The molecule has 1 aromatic carbocycles. The van der Waals surface area contributed by atoms with Crippen LogP contribution in [0.2, 0.25) is 5.02 Å². The van der Waals surface area contributed by atoms with E-state index in [4.69, 9.17) is 11.6 Å². The minimum absolute atomic E-state index is 0.317. The molecular weight excluding hydrogens is 228 g/mol. The van der Waals surface area contributed by atoms with Crippen molar-refractivity contribution in [2.45, 2.75) is 24.3 Å². The first-order valence-corrected chi connectivity index (χ1v) is 6.15. The van der Waals surface area contributed by atoms with Gasteiger partial charge in [0.05, 0.1) is 6.10 Å². The average Bonchev–Trinajstić information content (AvgIpc) is 2.16. The number of benzene rings is 1. The molecule has 0 bridgehead atoms. The monoisotopic (exact) mass is 242 g/mol. The van der Waals surface area contributed by atoms with Gasteiger partial charge in [-0.25, -0.2) is 0 Å². The van der Waals surface area contributed by atoms with Gasteiger partial charge in [-0.1, -0.05) is 17.2 Å². The number of rotatable bonds is 5. The SMILES string of the molecule is C=C(C)CC(O)CSc1ccc(Cl)cc1. The molecule has 1 atom stereocenters. The summed E-state index contributed by atoms with van der Waals surface area (Å²) in [6.45, 7) is 5.70. The molecule has 1 aromatic rings. The van der Waals surface area contributed by atoms with E-state index in [1.165, 1.54) is 0 Å². The Hall–Kier alpha value is -0.440. The van der Waals surface area contributed by atoms with E-state index in [0.29, 0.717) is 12.2 Å². The van der Waals surface area contributed by atoms with Crippen LogP contribution in [0.4, 0.5) is 0 Å². The van der Waals surface area contributed by atoms with Crippen LogP contribution in [0, 0.1) is 0 Å². The van der Waals surface area contributed by atoms with Gasteiger partial charge in [0.2, 0.25) is 0 Å². The van der Waals surface area contributed by atoms with Gasteiger partial charge in [-0.3, -0.25) is 0 Å². The Balaban J connectivity index is 2.36. The van der Waals surface area contributed by atoms with Crippen molar-refractivity contribution >= 4 is 23.4 Å². The zero-order valence-electron chi connectivity index (χ0n) is 8.74. The summed E-state index contributed by atoms with van der Waals surface area (Å²) < 4.78 is 0. The zero-order valence-corrected chi connectivity index (χ0v) is 10.3. The highest BCUT2D eigenvalue weighted by atomic mass is 35.5. The van der Waals surface area contributed by atoms with Gasteiger partial charge < -0.3 is 5.11 Å². The molecule has 1 rings (SSSR count). The lowest BCUT2D eigenvalue weighted by Crippen LogP contribution is -2.09. The van der Waals surface area contributed by atoms with Crippen LogP contribution >= 0.6 is 23.4 Å². The van der Waals surface area contributed by atoms with Crippen LogP contribution in [0.25, 0.3) is 0 Å². The molecule has 0 spiro atoms. The maximum Gasteiger partial charge on any atom is 0.0670 e. The van der Waals surface area contributed by atoms with Crippen LogP contribution in [0.1, 0.15) is 13.3 Å². The first-order valence-electron chi connectivity index (χ1n) is 4.78. The molecule has 3 heteroatoms. The summed E-state index contributed by atoms with van der Waals surface area (Å²) in [6.07, 6.45) is 0.351. The lowest BCUT2D eigenvalue weighted by molar-refractivity contribution is 0.200. The predicted molar refractivity (Wildman–Crippen MR) is 67.6 cm³/mol. The third kappa shape index (κ3) is 5.26.